The molecule has 2 atom stereocenters. The average molecular weight is 266 g/mol. The lowest BCUT2D eigenvalue weighted by molar-refractivity contribution is 0.290. The normalized spacial score (nSPS) is 14.3. The third-order valence-electron chi connectivity index (χ3n) is 3.64. The summed E-state index contributed by atoms with van der Waals surface area (Å²) in [5.74, 6) is 2.48. The number of benzene rings is 1. The van der Waals surface area contributed by atoms with Crippen LogP contribution in [0.25, 0.3) is 0 Å². The fourth-order valence-corrected chi connectivity index (χ4v) is 2.47. The molecule has 0 fully saturated rings. The topological polar surface area (TPSA) is 56.5 Å². The molecule has 0 heterocycles. The number of hydrogen-bond donors (Lipinski definition) is 2. The minimum atomic E-state index is 0.172. The van der Waals surface area contributed by atoms with E-state index in [-0.39, 0.29) is 6.04 Å². The maximum atomic E-state index is 5.93. The molecule has 0 saturated carbocycles. The van der Waals surface area contributed by atoms with Crippen LogP contribution >= 0.6 is 0 Å². The molecular formula is C15H26N2O2. The van der Waals surface area contributed by atoms with Crippen LogP contribution in [0.1, 0.15) is 25.5 Å². The van der Waals surface area contributed by atoms with Gasteiger partial charge < -0.3 is 20.5 Å². The minimum Gasteiger partial charge on any atom is -0.497 e. The molecule has 4 heteroatoms. The Balaban J connectivity index is 3.16. The summed E-state index contributed by atoms with van der Waals surface area (Å²) in [5.41, 5.74) is 7.05. The van der Waals surface area contributed by atoms with Crippen molar-refractivity contribution in [1.82, 2.24) is 5.32 Å². The van der Waals surface area contributed by atoms with Gasteiger partial charge in [-0.05, 0) is 31.5 Å². The van der Waals surface area contributed by atoms with Gasteiger partial charge in [0.2, 0.25) is 0 Å². The first kappa shape index (κ1) is 15.8. The first-order chi connectivity index (χ1) is 9.08. The number of rotatable bonds is 7. The molecule has 1 rings (SSSR count). The Kier molecular flexibility index (Phi) is 6.12. The van der Waals surface area contributed by atoms with Crippen molar-refractivity contribution in [3.63, 3.8) is 0 Å². The quantitative estimate of drug-likeness (QED) is 0.794. The van der Waals surface area contributed by atoms with Gasteiger partial charge in [-0.1, -0.05) is 19.9 Å². The van der Waals surface area contributed by atoms with Crippen LogP contribution in [0.15, 0.2) is 18.2 Å². The molecule has 0 radical (unpaired) electrons. The molecule has 2 unspecified atom stereocenters. The third kappa shape index (κ3) is 3.61. The SMILES string of the molecule is CNC(c1ccc(OC)cc1OC)C(CN)C(C)C. The zero-order valence-electron chi connectivity index (χ0n) is 12.6. The van der Waals surface area contributed by atoms with Gasteiger partial charge in [0, 0.05) is 17.7 Å². The van der Waals surface area contributed by atoms with Crippen molar-refractivity contribution in [1.29, 1.82) is 0 Å². The molecule has 0 bridgehead atoms. The molecule has 1 aromatic rings. The standard InChI is InChI=1S/C15H26N2O2/c1-10(2)13(9-16)15(17-3)12-7-6-11(18-4)8-14(12)19-5/h6-8,10,13,15,17H,9,16H2,1-5H3. The number of nitrogens with two attached hydrogens (primary N) is 1. The number of nitrogens with one attached hydrogen (secondary N) is 1. The Labute approximate surface area is 116 Å². The van der Waals surface area contributed by atoms with Crippen molar-refractivity contribution < 1.29 is 9.47 Å². The lowest BCUT2D eigenvalue weighted by atomic mass is 9.84. The van der Waals surface area contributed by atoms with Crippen LogP contribution in [0.5, 0.6) is 11.5 Å². The Morgan fingerprint density at radius 1 is 1.21 bits per heavy atom. The maximum absolute atomic E-state index is 5.93. The summed E-state index contributed by atoms with van der Waals surface area (Å²) in [7, 11) is 5.29. The van der Waals surface area contributed by atoms with Gasteiger partial charge in [0.05, 0.1) is 14.2 Å². The molecule has 19 heavy (non-hydrogen) atoms. The van der Waals surface area contributed by atoms with Gasteiger partial charge in [0.25, 0.3) is 0 Å². The Morgan fingerprint density at radius 2 is 1.89 bits per heavy atom. The molecule has 4 nitrogen and oxygen atoms in total. The molecule has 0 aliphatic heterocycles. The highest BCUT2D eigenvalue weighted by atomic mass is 16.5. The Hall–Kier alpha value is -1.26. The zero-order chi connectivity index (χ0) is 14.4. The maximum Gasteiger partial charge on any atom is 0.127 e. The Morgan fingerprint density at radius 3 is 2.32 bits per heavy atom. The average Bonchev–Trinajstić information content (AvgIpc) is 2.43. The summed E-state index contributed by atoms with van der Waals surface area (Å²) >= 11 is 0. The number of hydrogen-bond acceptors (Lipinski definition) is 4. The molecule has 1 aromatic carbocycles. The fraction of sp³-hybridized carbons (Fsp3) is 0.600. The van der Waals surface area contributed by atoms with E-state index in [1.54, 1.807) is 14.2 Å². The molecule has 0 spiro atoms. The molecular weight excluding hydrogens is 240 g/mol. The number of ether oxygens (including phenoxy) is 2. The van der Waals surface area contributed by atoms with Crippen molar-refractivity contribution in [3.8, 4) is 11.5 Å². The predicted molar refractivity (Wildman–Crippen MR) is 78.7 cm³/mol. The summed E-state index contributed by atoms with van der Waals surface area (Å²) < 4.78 is 10.7. The van der Waals surface area contributed by atoms with Crippen molar-refractivity contribution in [2.24, 2.45) is 17.6 Å². The summed E-state index contributed by atoms with van der Waals surface area (Å²) in [4.78, 5) is 0. The highest BCUT2D eigenvalue weighted by Crippen LogP contribution is 2.35. The second-order valence-electron chi connectivity index (χ2n) is 5.02. The lowest BCUT2D eigenvalue weighted by Gasteiger charge is -2.30. The van der Waals surface area contributed by atoms with Crippen LogP contribution in [0, 0.1) is 11.8 Å². The van der Waals surface area contributed by atoms with E-state index < -0.39 is 0 Å². The van der Waals surface area contributed by atoms with Crippen LogP contribution in [-0.2, 0) is 0 Å². The van der Waals surface area contributed by atoms with Crippen LogP contribution in [0.2, 0.25) is 0 Å². The third-order valence-corrected chi connectivity index (χ3v) is 3.64. The van der Waals surface area contributed by atoms with E-state index in [0.717, 1.165) is 17.1 Å². The van der Waals surface area contributed by atoms with Gasteiger partial charge >= 0.3 is 0 Å². The summed E-state index contributed by atoms with van der Waals surface area (Å²) in [6, 6.07) is 6.08. The van der Waals surface area contributed by atoms with Gasteiger partial charge in [0.15, 0.2) is 0 Å². The highest BCUT2D eigenvalue weighted by Gasteiger charge is 2.26. The van der Waals surface area contributed by atoms with Crippen molar-refractivity contribution in [2.75, 3.05) is 27.8 Å². The van der Waals surface area contributed by atoms with Gasteiger partial charge in [-0.25, -0.2) is 0 Å². The summed E-state index contributed by atoms with van der Waals surface area (Å²) in [6.07, 6.45) is 0. The zero-order valence-corrected chi connectivity index (χ0v) is 12.6. The molecule has 0 aromatic heterocycles. The Bertz CT molecular complexity index is 394. The van der Waals surface area contributed by atoms with Gasteiger partial charge in [0.1, 0.15) is 11.5 Å². The largest absolute Gasteiger partial charge is 0.497 e. The first-order valence-electron chi connectivity index (χ1n) is 6.68. The van der Waals surface area contributed by atoms with Crippen LogP contribution in [0.3, 0.4) is 0 Å². The van der Waals surface area contributed by atoms with Crippen LogP contribution in [-0.4, -0.2) is 27.8 Å². The molecule has 0 amide bonds. The molecule has 0 aliphatic rings. The van der Waals surface area contributed by atoms with Crippen LogP contribution in [0.4, 0.5) is 0 Å². The van der Waals surface area contributed by atoms with E-state index in [1.165, 1.54) is 0 Å². The first-order valence-corrected chi connectivity index (χ1v) is 6.68. The predicted octanol–water partition coefficient (Wildman–Crippen LogP) is 2.20. The van der Waals surface area contributed by atoms with E-state index in [4.69, 9.17) is 15.2 Å². The van der Waals surface area contributed by atoms with Crippen molar-refractivity contribution in [2.45, 2.75) is 19.9 Å². The molecule has 0 aliphatic carbocycles. The molecule has 0 saturated heterocycles. The minimum absolute atomic E-state index is 0.172. The van der Waals surface area contributed by atoms with Gasteiger partial charge in [-0.3, -0.25) is 0 Å². The smallest absolute Gasteiger partial charge is 0.127 e. The van der Waals surface area contributed by atoms with E-state index in [1.807, 2.05) is 25.2 Å². The fourth-order valence-electron chi connectivity index (χ4n) is 2.47. The monoisotopic (exact) mass is 266 g/mol. The van der Waals surface area contributed by atoms with Gasteiger partial charge in [-0.15, -0.1) is 0 Å². The highest BCUT2D eigenvalue weighted by molar-refractivity contribution is 5.42. The van der Waals surface area contributed by atoms with Crippen LogP contribution < -0.4 is 20.5 Å². The summed E-state index contributed by atoms with van der Waals surface area (Å²) in [6.45, 7) is 5.02. The lowest BCUT2D eigenvalue weighted by Crippen LogP contribution is -2.34. The van der Waals surface area contributed by atoms with Gasteiger partial charge in [-0.2, -0.15) is 0 Å². The van der Waals surface area contributed by atoms with E-state index in [2.05, 4.69) is 19.2 Å². The second-order valence-corrected chi connectivity index (χ2v) is 5.02. The van der Waals surface area contributed by atoms with E-state index >= 15 is 0 Å². The second kappa shape index (κ2) is 7.36. The van der Waals surface area contributed by atoms with Crippen molar-refractivity contribution >= 4 is 0 Å². The van der Waals surface area contributed by atoms with E-state index in [9.17, 15) is 0 Å². The summed E-state index contributed by atoms with van der Waals surface area (Å²) in [5, 5.41) is 3.36. The molecule has 108 valence electrons. The molecule has 3 N–H and O–H groups in total. The van der Waals surface area contributed by atoms with E-state index in [0.29, 0.717) is 18.4 Å². The van der Waals surface area contributed by atoms with Crippen molar-refractivity contribution in [3.05, 3.63) is 23.8 Å². The number of methoxy groups -OCH3 is 2.